The van der Waals surface area contributed by atoms with E-state index in [2.05, 4.69) is 78.1 Å². The molecule has 1 aliphatic rings. The topological polar surface area (TPSA) is 27.7 Å². The SMILES string of the molecule is COCOc1cc2c3c(ccc2c[c]1[Sn]([CH3])([CH3])[CH3])OC(C)(CCC=C(C)C)C=C3. The first-order valence-electron chi connectivity index (χ1n) is 10.4. The van der Waals surface area contributed by atoms with Crippen LogP contribution in [0.4, 0.5) is 0 Å². The normalized spacial score (nSPS) is 18.3. The van der Waals surface area contributed by atoms with E-state index in [9.17, 15) is 0 Å². The number of rotatable bonds is 7. The Kier molecular flexibility index (Phi) is 6.69. The van der Waals surface area contributed by atoms with Crippen LogP contribution in [0, 0.1) is 0 Å². The van der Waals surface area contributed by atoms with Gasteiger partial charge < -0.3 is 0 Å². The van der Waals surface area contributed by atoms with Crippen molar-refractivity contribution in [2.45, 2.75) is 54.0 Å². The molecule has 0 saturated heterocycles. The summed E-state index contributed by atoms with van der Waals surface area (Å²) in [6.07, 6.45) is 8.69. The van der Waals surface area contributed by atoms with E-state index in [1.54, 1.807) is 7.11 Å². The summed E-state index contributed by atoms with van der Waals surface area (Å²) >= 11 is -2.35. The van der Waals surface area contributed by atoms with Gasteiger partial charge in [0.15, 0.2) is 0 Å². The number of ether oxygens (including phenoxy) is 3. The Bertz CT molecular complexity index is 949. The number of hydrogen-bond acceptors (Lipinski definition) is 3. The molecule has 0 amide bonds. The van der Waals surface area contributed by atoms with Crippen LogP contribution in [-0.2, 0) is 4.74 Å². The Morgan fingerprint density at radius 1 is 1.17 bits per heavy atom. The molecule has 156 valence electrons. The van der Waals surface area contributed by atoms with Crippen molar-refractivity contribution >= 4 is 38.8 Å². The molecule has 3 nitrogen and oxygen atoms in total. The van der Waals surface area contributed by atoms with E-state index in [1.807, 2.05) is 0 Å². The van der Waals surface area contributed by atoms with Crippen LogP contribution in [0.15, 0.2) is 42.0 Å². The van der Waals surface area contributed by atoms with Crippen molar-refractivity contribution in [3.8, 4) is 11.5 Å². The van der Waals surface area contributed by atoms with Gasteiger partial charge in [-0.1, -0.05) is 0 Å². The average Bonchev–Trinajstić information content (AvgIpc) is 2.64. The van der Waals surface area contributed by atoms with Gasteiger partial charge in [-0.2, -0.15) is 0 Å². The first-order chi connectivity index (χ1) is 13.6. The van der Waals surface area contributed by atoms with E-state index in [4.69, 9.17) is 14.2 Å². The fraction of sp³-hybridized carbons (Fsp3) is 0.440. The minimum absolute atomic E-state index is 0.268. The van der Waals surface area contributed by atoms with Gasteiger partial charge in [-0.05, 0) is 13.8 Å². The van der Waals surface area contributed by atoms with Crippen molar-refractivity contribution in [2.75, 3.05) is 13.9 Å². The summed E-state index contributed by atoms with van der Waals surface area (Å²) < 4.78 is 19.0. The van der Waals surface area contributed by atoms with E-state index >= 15 is 0 Å². The Morgan fingerprint density at radius 3 is 2.59 bits per heavy atom. The maximum atomic E-state index is 6.46. The minimum atomic E-state index is -2.35. The van der Waals surface area contributed by atoms with E-state index in [0.717, 1.165) is 29.9 Å². The van der Waals surface area contributed by atoms with Crippen molar-refractivity contribution in [3.05, 3.63) is 47.6 Å². The number of benzene rings is 2. The zero-order chi connectivity index (χ0) is 21.2. The predicted molar refractivity (Wildman–Crippen MR) is 126 cm³/mol. The van der Waals surface area contributed by atoms with Gasteiger partial charge in [-0.3, -0.25) is 0 Å². The third-order valence-electron chi connectivity index (χ3n) is 5.40. The molecule has 3 rings (SSSR count). The average molecular weight is 501 g/mol. The summed E-state index contributed by atoms with van der Waals surface area (Å²) in [7, 11) is 1.66. The van der Waals surface area contributed by atoms with Gasteiger partial charge in [-0.15, -0.1) is 0 Å². The molecule has 0 bridgehead atoms. The van der Waals surface area contributed by atoms with Gasteiger partial charge in [0, 0.05) is 0 Å². The molecule has 0 spiro atoms. The van der Waals surface area contributed by atoms with Crippen molar-refractivity contribution in [2.24, 2.45) is 0 Å². The Balaban J connectivity index is 2.02. The van der Waals surface area contributed by atoms with Crippen LogP contribution in [0.25, 0.3) is 16.8 Å². The van der Waals surface area contributed by atoms with Gasteiger partial charge in [0.2, 0.25) is 0 Å². The first kappa shape index (κ1) is 22.2. The zero-order valence-electron chi connectivity index (χ0n) is 18.9. The molecule has 0 fully saturated rings. The first-order valence-corrected chi connectivity index (χ1v) is 20.4. The van der Waals surface area contributed by atoms with Crippen LogP contribution in [0.1, 0.15) is 39.2 Å². The molecule has 2 aromatic carbocycles. The molecule has 0 aromatic heterocycles. The zero-order valence-corrected chi connectivity index (χ0v) is 21.7. The molecule has 0 N–H and O–H groups in total. The summed E-state index contributed by atoms with van der Waals surface area (Å²) in [5, 5.41) is 2.42. The Morgan fingerprint density at radius 2 is 1.93 bits per heavy atom. The van der Waals surface area contributed by atoms with E-state index in [-0.39, 0.29) is 12.4 Å². The second-order valence-electron chi connectivity index (χ2n) is 9.42. The molecule has 2 aromatic rings. The third kappa shape index (κ3) is 5.18. The fourth-order valence-corrected chi connectivity index (χ4v) is 7.97. The van der Waals surface area contributed by atoms with Crippen molar-refractivity contribution < 1.29 is 14.2 Å². The van der Waals surface area contributed by atoms with Gasteiger partial charge in [0.05, 0.1) is 0 Å². The van der Waals surface area contributed by atoms with E-state index in [1.165, 1.54) is 19.9 Å². The summed E-state index contributed by atoms with van der Waals surface area (Å²) in [6, 6.07) is 8.82. The summed E-state index contributed by atoms with van der Waals surface area (Å²) in [4.78, 5) is 7.23. The van der Waals surface area contributed by atoms with Crippen molar-refractivity contribution in [1.82, 2.24) is 0 Å². The van der Waals surface area contributed by atoms with Gasteiger partial charge in [-0.25, -0.2) is 0 Å². The molecule has 0 radical (unpaired) electrons. The second kappa shape index (κ2) is 8.73. The molecule has 1 heterocycles. The fourth-order valence-electron chi connectivity index (χ4n) is 3.77. The van der Waals surface area contributed by atoms with Gasteiger partial charge >= 0.3 is 166 Å². The molecular weight excluding hydrogens is 467 g/mol. The van der Waals surface area contributed by atoms with Crippen LogP contribution in [0.3, 0.4) is 0 Å². The number of hydrogen-bond donors (Lipinski definition) is 0. The van der Waals surface area contributed by atoms with Crippen LogP contribution in [0.2, 0.25) is 14.8 Å². The van der Waals surface area contributed by atoms with Gasteiger partial charge in [0.1, 0.15) is 0 Å². The van der Waals surface area contributed by atoms with Crippen LogP contribution >= 0.6 is 0 Å². The molecule has 29 heavy (non-hydrogen) atoms. The molecule has 0 aliphatic carbocycles. The number of methoxy groups -OCH3 is 1. The Hall–Kier alpha value is -1.46. The second-order valence-corrected chi connectivity index (χ2v) is 23.8. The predicted octanol–water partition coefficient (Wildman–Crippen LogP) is 6.28. The van der Waals surface area contributed by atoms with Gasteiger partial charge in [0.25, 0.3) is 0 Å². The summed E-state index contributed by atoms with van der Waals surface area (Å²) in [6.45, 7) is 6.71. The molecule has 1 unspecified atom stereocenters. The summed E-state index contributed by atoms with van der Waals surface area (Å²) in [5.41, 5.74) is 2.22. The number of allylic oxidation sites excluding steroid dienone is 2. The standard InChI is InChI=1S/C22H25O3.3CH3.Sn/c1-16(2)6-5-12-22(3)13-11-19-20-14-18(24-15-23-4)9-7-17(20)8-10-21(19)25-22;;;;/h6-8,10-11,13-14H,5,12,15H2,1-4H3;3*1H3;. The third-order valence-corrected chi connectivity index (χ3v) is 11.1. The Labute approximate surface area is 179 Å². The van der Waals surface area contributed by atoms with E-state index < -0.39 is 18.4 Å². The number of fused-ring (bicyclic) bond motifs is 3. The van der Waals surface area contributed by atoms with Crippen molar-refractivity contribution in [3.63, 3.8) is 0 Å². The quantitative estimate of drug-likeness (QED) is 0.254. The monoisotopic (exact) mass is 502 g/mol. The van der Waals surface area contributed by atoms with Crippen molar-refractivity contribution in [1.29, 1.82) is 0 Å². The maximum absolute atomic E-state index is 6.46. The molecule has 4 heteroatoms. The van der Waals surface area contributed by atoms with Crippen LogP contribution in [0.5, 0.6) is 11.5 Å². The molecule has 0 saturated carbocycles. The molecular formula is C25H34O3Sn. The molecule has 1 aliphatic heterocycles. The summed E-state index contributed by atoms with van der Waals surface area (Å²) in [5.74, 6) is 1.91. The van der Waals surface area contributed by atoms with Crippen LogP contribution < -0.4 is 13.1 Å². The molecule has 1 atom stereocenters. The van der Waals surface area contributed by atoms with Crippen LogP contribution in [-0.4, -0.2) is 37.9 Å². The van der Waals surface area contributed by atoms with E-state index in [0.29, 0.717) is 0 Å².